The Kier molecular flexibility index (Phi) is 3.87. The largest absolute Gasteiger partial charge is 0.309 e. The molecule has 3 nitrogen and oxygen atoms in total. The summed E-state index contributed by atoms with van der Waals surface area (Å²) >= 11 is 0. The molecule has 0 bridgehead atoms. The number of hydrogen-bond donors (Lipinski definition) is 1. The van der Waals surface area contributed by atoms with Crippen LogP contribution in [0.3, 0.4) is 0 Å². The molecule has 3 unspecified atom stereocenters. The number of benzene rings is 1. The molecule has 1 aromatic carbocycles. The summed E-state index contributed by atoms with van der Waals surface area (Å²) < 4.78 is 24.3. The minimum absolute atomic E-state index is 0.0200. The van der Waals surface area contributed by atoms with Gasteiger partial charge < -0.3 is 5.32 Å². The molecule has 0 spiro atoms. The lowest BCUT2D eigenvalue weighted by Crippen LogP contribution is -2.30. The van der Waals surface area contributed by atoms with Crippen LogP contribution in [0.5, 0.6) is 0 Å². The Morgan fingerprint density at radius 3 is 2.85 bits per heavy atom. The molecule has 1 aromatic rings. The molecule has 1 aliphatic heterocycles. The molecule has 20 heavy (non-hydrogen) atoms. The van der Waals surface area contributed by atoms with Crippen LogP contribution >= 0.6 is 0 Å². The van der Waals surface area contributed by atoms with Crippen molar-refractivity contribution < 1.29 is 8.42 Å². The number of fused-ring (bicyclic) bond motifs is 1. The van der Waals surface area contributed by atoms with E-state index in [1.54, 1.807) is 6.07 Å². The lowest BCUT2D eigenvalue weighted by molar-refractivity contribution is 0.269. The molecule has 0 radical (unpaired) electrons. The number of rotatable bonds is 3. The third-order valence-corrected chi connectivity index (χ3v) is 6.53. The van der Waals surface area contributed by atoms with Crippen LogP contribution in [0.1, 0.15) is 44.2 Å². The van der Waals surface area contributed by atoms with E-state index in [1.165, 1.54) is 25.7 Å². The fourth-order valence-corrected chi connectivity index (χ4v) is 5.44. The second-order valence-corrected chi connectivity index (χ2v) is 8.42. The second-order valence-electron chi connectivity index (χ2n) is 6.42. The molecule has 110 valence electrons. The van der Waals surface area contributed by atoms with Crippen LogP contribution in [0.2, 0.25) is 0 Å². The normalized spacial score (nSPS) is 31.9. The molecule has 1 aliphatic carbocycles. The summed E-state index contributed by atoms with van der Waals surface area (Å²) in [4.78, 5) is 0.523. The van der Waals surface area contributed by atoms with Crippen molar-refractivity contribution in [1.82, 2.24) is 5.32 Å². The summed E-state index contributed by atoms with van der Waals surface area (Å²) in [6.45, 7) is 3.26. The molecule has 1 N–H and O–H groups in total. The molecule has 1 saturated carbocycles. The zero-order valence-electron chi connectivity index (χ0n) is 12.0. The molecule has 4 heteroatoms. The monoisotopic (exact) mass is 293 g/mol. The minimum atomic E-state index is -3.08. The van der Waals surface area contributed by atoms with Crippen LogP contribution in [-0.2, 0) is 9.84 Å². The lowest BCUT2D eigenvalue weighted by atomic mass is 9.82. The van der Waals surface area contributed by atoms with Crippen LogP contribution in [0.15, 0.2) is 29.2 Å². The zero-order chi connectivity index (χ0) is 14.2. The Morgan fingerprint density at radius 1 is 1.25 bits per heavy atom. The Bertz CT molecular complexity index is 582. The van der Waals surface area contributed by atoms with Crippen molar-refractivity contribution in [3.63, 3.8) is 0 Å². The van der Waals surface area contributed by atoms with Crippen molar-refractivity contribution in [3.8, 4) is 0 Å². The molecule has 0 amide bonds. The Labute approximate surface area is 121 Å². The van der Waals surface area contributed by atoms with Gasteiger partial charge in [-0.05, 0) is 42.9 Å². The van der Waals surface area contributed by atoms with E-state index in [0.717, 1.165) is 18.0 Å². The Hall–Kier alpha value is -0.870. The van der Waals surface area contributed by atoms with Gasteiger partial charge in [-0.25, -0.2) is 8.42 Å². The molecule has 0 saturated heterocycles. The van der Waals surface area contributed by atoms with Crippen LogP contribution in [0.25, 0.3) is 0 Å². The second kappa shape index (κ2) is 5.49. The number of hydrogen-bond acceptors (Lipinski definition) is 3. The maximum atomic E-state index is 12.1. The van der Waals surface area contributed by atoms with E-state index in [1.807, 2.05) is 18.2 Å². The van der Waals surface area contributed by atoms with Gasteiger partial charge in [0.1, 0.15) is 0 Å². The highest BCUT2D eigenvalue weighted by Gasteiger charge is 2.34. The van der Waals surface area contributed by atoms with Crippen molar-refractivity contribution in [3.05, 3.63) is 29.8 Å². The van der Waals surface area contributed by atoms with E-state index in [4.69, 9.17) is 0 Å². The maximum Gasteiger partial charge on any atom is 0.180 e. The summed E-state index contributed by atoms with van der Waals surface area (Å²) in [7, 11) is -3.08. The topological polar surface area (TPSA) is 46.2 Å². The first-order valence-corrected chi connectivity index (χ1v) is 9.26. The van der Waals surface area contributed by atoms with Gasteiger partial charge in [-0.15, -0.1) is 0 Å². The van der Waals surface area contributed by atoms with Crippen LogP contribution in [0.4, 0.5) is 0 Å². The van der Waals surface area contributed by atoms with Crippen molar-refractivity contribution in [2.45, 2.75) is 43.5 Å². The highest BCUT2D eigenvalue weighted by atomic mass is 32.2. The predicted molar refractivity (Wildman–Crippen MR) is 80.4 cm³/mol. The molecule has 2 aliphatic rings. The van der Waals surface area contributed by atoms with Gasteiger partial charge in [0, 0.05) is 6.04 Å². The van der Waals surface area contributed by atoms with E-state index in [0.29, 0.717) is 10.8 Å². The third-order valence-electron chi connectivity index (χ3n) is 4.71. The van der Waals surface area contributed by atoms with Crippen molar-refractivity contribution in [2.24, 2.45) is 11.8 Å². The quantitative estimate of drug-likeness (QED) is 0.932. The van der Waals surface area contributed by atoms with Gasteiger partial charge in [-0.1, -0.05) is 38.0 Å². The van der Waals surface area contributed by atoms with E-state index >= 15 is 0 Å². The maximum absolute atomic E-state index is 12.1. The van der Waals surface area contributed by atoms with Gasteiger partial charge in [0.2, 0.25) is 0 Å². The molecule has 3 atom stereocenters. The van der Waals surface area contributed by atoms with Crippen LogP contribution < -0.4 is 5.32 Å². The smallest absolute Gasteiger partial charge is 0.180 e. The summed E-state index contributed by atoms with van der Waals surface area (Å²) in [5.41, 5.74) is 0.955. The molecular weight excluding hydrogens is 270 g/mol. The van der Waals surface area contributed by atoms with E-state index in [2.05, 4.69) is 12.2 Å². The first-order chi connectivity index (χ1) is 9.56. The molecule has 1 heterocycles. The predicted octanol–water partition coefficient (Wildman–Crippen LogP) is 2.93. The lowest BCUT2D eigenvalue weighted by Gasteiger charge is -2.28. The average Bonchev–Trinajstić information content (AvgIpc) is 2.69. The fourth-order valence-electron chi connectivity index (χ4n) is 3.67. The van der Waals surface area contributed by atoms with Gasteiger partial charge in [0.15, 0.2) is 9.84 Å². The SMILES string of the molecule is CC1CCCC(CNC2CS(=O)(=O)c3ccccc32)C1. The standard InChI is InChI=1S/C16H23NO2S/c1-12-5-4-6-13(9-12)10-17-15-11-20(18,19)16-8-3-2-7-14(15)16/h2-3,7-8,12-13,15,17H,4-6,9-11H2,1H3. The first kappa shape index (κ1) is 14.1. The highest BCUT2D eigenvalue weighted by molar-refractivity contribution is 7.91. The average molecular weight is 293 g/mol. The van der Waals surface area contributed by atoms with Gasteiger partial charge in [-0.3, -0.25) is 0 Å². The highest BCUT2D eigenvalue weighted by Crippen LogP contribution is 2.34. The van der Waals surface area contributed by atoms with Gasteiger partial charge in [0.05, 0.1) is 10.6 Å². The first-order valence-electron chi connectivity index (χ1n) is 7.61. The van der Waals surface area contributed by atoms with Crippen molar-refractivity contribution in [2.75, 3.05) is 12.3 Å². The third kappa shape index (κ3) is 2.77. The fraction of sp³-hybridized carbons (Fsp3) is 0.625. The van der Waals surface area contributed by atoms with E-state index < -0.39 is 9.84 Å². The zero-order valence-corrected chi connectivity index (χ0v) is 12.8. The van der Waals surface area contributed by atoms with E-state index in [9.17, 15) is 8.42 Å². The molecule has 0 aromatic heterocycles. The number of sulfone groups is 1. The molecule has 3 rings (SSSR count). The van der Waals surface area contributed by atoms with Crippen molar-refractivity contribution in [1.29, 1.82) is 0 Å². The Morgan fingerprint density at radius 2 is 2.05 bits per heavy atom. The summed E-state index contributed by atoms with van der Waals surface area (Å²) in [5, 5.41) is 3.50. The minimum Gasteiger partial charge on any atom is -0.309 e. The molecule has 1 fully saturated rings. The van der Waals surface area contributed by atoms with Crippen molar-refractivity contribution >= 4 is 9.84 Å². The number of nitrogens with one attached hydrogen (secondary N) is 1. The van der Waals surface area contributed by atoms with Crippen LogP contribution in [0, 0.1) is 11.8 Å². The summed E-state index contributed by atoms with van der Waals surface area (Å²) in [5.74, 6) is 1.73. The summed E-state index contributed by atoms with van der Waals surface area (Å²) in [6, 6.07) is 7.39. The Balaban J connectivity index is 1.67. The molecular formula is C16H23NO2S. The van der Waals surface area contributed by atoms with Gasteiger partial charge >= 0.3 is 0 Å². The summed E-state index contributed by atoms with van der Waals surface area (Å²) in [6.07, 6.45) is 5.21. The van der Waals surface area contributed by atoms with Gasteiger partial charge in [-0.2, -0.15) is 0 Å². The van der Waals surface area contributed by atoms with Crippen LogP contribution in [-0.4, -0.2) is 20.7 Å². The van der Waals surface area contributed by atoms with Gasteiger partial charge in [0.25, 0.3) is 0 Å². The van der Waals surface area contributed by atoms with E-state index in [-0.39, 0.29) is 11.8 Å².